The Bertz CT molecular complexity index is 366. The smallest absolute Gasteiger partial charge is 0.0934 e. The molecule has 0 N–H and O–H groups in total. The number of hydrogen-bond donors (Lipinski definition) is 1. The number of aryl methyl sites for hydroxylation is 1. The van der Waals surface area contributed by atoms with Crippen LogP contribution in [0.15, 0.2) is 23.0 Å². The molecule has 1 spiro atoms. The Kier molecular flexibility index (Phi) is 4.26. The molecule has 1 aromatic rings. The van der Waals surface area contributed by atoms with Gasteiger partial charge in [0.15, 0.2) is 0 Å². The molecule has 2 fully saturated rings. The zero-order valence-electron chi connectivity index (χ0n) is 11.8. The molecular weight excluding hydrogens is 252 g/mol. The minimum Gasteiger partial charge on any atom is -0.472 e. The summed E-state index contributed by atoms with van der Waals surface area (Å²) >= 11 is 4.64. The molecule has 0 amide bonds. The third-order valence-electron chi connectivity index (χ3n) is 5.60. The molecule has 0 aromatic carbocycles. The van der Waals surface area contributed by atoms with Gasteiger partial charge in [0.05, 0.1) is 12.5 Å². The summed E-state index contributed by atoms with van der Waals surface area (Å²) in [7, 11) is 0. The largest absolute Gasteiger partial charge is 0.472 e. The minimum absolute atomic E-state index is 0.685. The van der Waals surface area contributed by atoms with Crippen LogP contribution in [0.1, 0.15) is 63.4 Å². The van der Waals surface area contributed by atoms with Gasteiger partial charge in [0.1, 0.15) is 0 Å². The summed E-state index contributed by atoms with van der Waals surface area (Å²) in [6, 6.07) is 2.11. The van der Waals surface area contributed by atoms with E-state index in [0.29, 0.717) is 10.7 Å². The van der Waals surface area contributed by atoms with Gasteiger partial charge in [0, 0.05) is 5.25 Å². The van der Waals surface area contributed by atoms with Crippen molar-refractivity contribution in [3.8, 4) is 0 Å². The van der Waals surface area contributed by atoms with Crippen LogP contribution in [-0.2, 0) is 6.42 Å². The van der Waals surface area contributed by atoms with Crippen LogP contribution in [0.2, 0.25) is 0 Å². The monoisotopic (exact) mass is 278 g/mol. The van der Waals surface area contributed by atoms with Gasteiger partial charge in [-0.25, -0.2) is 0 Å². The molecule has 0 saturated heterocycles. The second-order valence-corrected chi connectivity index (χ2v) is 7.58. The Morgan fingerprint density at radius 3 is 2.42 bits per heavy atom. The minimum atomic E-state index is 0.685. The van der Waals surface area contributed by atoms with Crippen LogP contribution >= 0.6 is 12.6 Å². The van der Waals surface area contributed by atoms with Crippen LogP contribution in [0.5, 0.6) is 0 Å². The predicted molar refractivity (Wildman–Crippen MR) is 82.7 cm³/mol. The molecule has 2 saturated carbocycles. The summed E-state index contributed by atoms with van der Waals surface area (Å²) in [6.45, 7) is 0. The van der Waals surface area contributed by atoms with E-state index >= 15 is 0 Å². The van der Waals surface area contributed by atoms with E-state index in [9.17, 15) is 0 Å². The lowest BCUT2D eigenvalue weighted by atomic mass is 9.63. The predicted octanol–water partition coefficient (Wildman–Crippen LogP) is 5.26. The highest BCUT2D eigenvalue weighted by atomic mass is 32.1. The Morgan fingerprint density at radius 2 is 1.79 bits per heavy atom. The van der Waals surface area contributed by atoms with Crippen molar-refractivity contribution in [1.82, 2.24) is 0 Å². The van der Waals surface area contributed by atoms with Crippen LogP contribution in [-0.4, -0.2) is 5.25 Å². The third-order valence-corrected chi connectivity index (χ3v) is 6.12. The highest BCUT2D eigenvalue weighted by Gasteiger charge is 2.37. The average molecular weight is 278 g/mol. The highest BCUT2D eigenvalue weighted by molar-refractivity contribution is 7.80. The normalized spacial score (nSPS) is 35.6. The summed E-state index contributed by atoms with van der Waals surface area (Å²) in [5, 5.41) is 0.685. The van der Waals surface area contributed by atoms with Gasteiger partial charge in [-0.05, 0) is 87.2 Å². The summed E-state index contributed by atoms with van der Waals surface area (Å²) < 4.78 is 5.15. The number of furan rings is 1. The molecule has 3 rings (SSSR count). The SMILES string of the molecule is SC1CCC2(CC1)CCC(CCc1ccoc1)CC2. The maximum absolute atomic E-state index is 5.15. The highest BCUT2D eigenvalue weighted by Crippen LogP contribution is 2.50. The molecule has 106 valence electrons. The lowest BCUT2D eigenvalue weighted by Crippen LogP contribution is -2.32. The van der Waals surface area contributed by atoms with Crippen molar-refractivity contribution in [2.24, 2.45) is 11.3 Å². The Morgan fingerprint density at radius 1 is 1.11 bits per heavy atom. The molecular formula is C17H26OS. The first-order valence-corrected chi connectivity index (χ1v) is 8.47. The quantitative estimate of drug-likeness (QED) is 0.744. The first kappa shape index (κ1) is 13.6. The fourth-order valence-corrected chi connectivity index (χ4v) is 4.36. The molecule has 0 unspecified atom stereocenters. The molecule has 19 heavy (non-hydrogen) atoms. The van der Waals surface area contributed by atoms with E-state index in [1.54, 1.807) is 6.26 Å². The van der Waals surface area contributed by atoms with Crippen molar-refractivity contribution in [1.29, 1.82) is 0 Å². The molecule has 1 aromatic heterocycles. The van der Waals surface area contributed by atoms with Gasteiger partial charge >= 0.3 is 0 Å². The van der Waals surface area contributed by atoms with E-state index in [4.69, 9.17) is 4.42 Å². The van der Waals surface area contributed by atoms with Crippen LogP contribution in [0.3, 0.4) is 0 Å². The van der Waals surface area contributed by atoms with Gasteiger partial charge in [-0.3, -0.25) is 0 Å². The van der Waals surface area contributed by atoms with Gasteiger partial charge in [0.2, 0.25) is 0 Å². The summed E-state index contributed by atoms with van der Waals surface area (Å²) in [5.74, 6) is 0.953. The summed E-state index contributed by atoms with van der Waals surface area (Å²) in [5.41, 5.74) is 2.08. The number of rotatable bonds is 3. The standard InChI is InChI=1S/C17H26OS/c19-16-5-10-17(11-6-16)8-3-14(4-9-17)1-2-15-7-12-18-13-15/h7,12-14,16,19H,1-6,8-11H2. The van der Waals surface area contributed by atoms with Gasteiger partial charge in [-0.1, -0.05) is 0 Å². The second-order valence-electron chi connectivity index (χ2n) is 6.84. The Balaban J connectivity index is 1.44. The molecule has 2 aliphatic rings. The maximum Gasteiger partial charge on any atom is 0.0934 e. The van der Waals surface area contributed by atoms with Gasteiger partial charge < -0.3 is 4.42 Å². The molecule has 0 bridgehead atoms. The van der Waals surface area contributed by atoms with Gasteiger partial charge in [-0.15, -0.1) is 0 Å². The Hall–Kier alpha value is -0.370. The van der Waals surface area contributed by atoms with E-state index in [1.807, 2.05) is 6.26 Å². The van der Waals surface area contributed by atoms with Crippen LogP contribution < -0.4 is 0 Å². The lowest BCUT2D eigenvalue weighted by Gasteiger charge is -2.44. The molecule has 1 heterocycles. The average Bonchev–Trinajstić information content (AvgIpc) is 2.95. The van der Waals surface area contributed by atoms with Crippen molar-refractivity contribution in [3.05, 3.63) is 24.2 Å². The second kappa shape index (κ2) is 5.95. The van der Waals surface area contributed by atoms with Crippen LogP contribution in [0.4, 0.5) is 0 Å². The van der Waals surface area contributed by atoms with Crippen molar-refractivity contribution >= 4 is 12.6 Å². The zero-order valence-corrected chi connectivity index (χ0v) is 12.7. The van der Waals surface area contributed by atoms with Crippen molar-refractivity contribution in [3.63, 3.8) is 0 Å². The van der Waals surface area contributed by atoms with Crippen molar-refractivity contribution < 1.29 is 4.42 Å². The molecule has 0 atom stereocenters. The van der Waals surface area contributed by atoms with E-state index in [0.717, 1.165) is 5.92 Å². The van der Waals surface area contributed by atoms with Crippen LogP contribution in [0.25, 0.3) is 0 Å². The van der Waals surface area contributed by atoms with E-state index < -0.39 is 0 Å². The molecule has 1 nitrogen and oxygen atoms in total. The van der Waals surface area contributed by atoms with Crippen molar-refractivity contribution in [2.75, 3.05) is 0 Å². The maximum atomic E-state index is 5.15. The first-order valence-electron chi connectivity index (χ1n) is 7.95. The molecule has 2 heteroatoms. The first-order chi connectivity index (χ1) is 9.26. The fourth-order valence-electron chi connectivity index (χ4n) is 4.10. The third kappa shape index (κ3) is 3.39. The van der Waals surface area contributed by atoms with E-state index in [1.165, 1.54) is 69.8 Å². The molecule has 0 aliphatic heterocycles. The lowest BCUT2D eigenvalue weighted by molar-refractivity contribution is 0.0968. The number of hydrogen-bond acceptors (Lipinski definition) is 2. The number of thiol groups is 1. The van der Waals surface area contributed by atoms with Gasteiger partial charge in [-0.2, -0.15) is 12.6 Å². The van der Waals surface area contributed by atoms with E-state index in [-0.39, 0.29) is 0 Å². The Labute approximate surface area is 122 Å². The topological polar surface area (TPSA) is 13.1 Å². The zero-order chi connectivity index (χ0) is 13.1. The van der Waals surface area contributed by atoms with Crippen molar-refractivity contribution in [2.45, 2.75) is 69.5 Å². The van der Waals surface area contributed by atoms with Gasteiger partial charge in [0.25, 0.3) is 0 Å². The van der Waals surface area contributed by atoms with E-state index in [2.05, 4.69) is 18.7 Å². The molecule has 0 radical (unpaired) electrons. The summed E-state index contributed by atoms with van der Waals surface area (Å²) in [4.78, 5) is 0. The summed E-state index contributed by atoms with van der Waals surface area (Å²) in [6.07, 6.45) is 17.7. The van der Waals surface area contributed by atoms with Crippen LogP contribution in [0, 0.1) is 11.3 Å². The fraction of sp³-hybridized carbons (Fsp3) is 0.765. The molecule has 2 aliphatic carbocycles.